The molecule has 0 fully saturated rings. The highest BCUT2D eigenvalue weighted by atomic mass is 16.4. The average Bonchev–Trinajstić information content (AvgIpc) is 2.04. The largest absolute Gasteiger partial charge is 0.478 e. The number of nitrogens with zero attached hydrogens (tertiary/aromatic N) is 1. The van der Waals surface area contributed by atoms with Crippen molar-refractivity contribution < 1.29 is 9.90 Å². The zero-order chi connectivity index (χ0) is 9.14. The summed E-state index contributed by atoms with van der Waals surface area (Å²) in [5.74, 6) is -0.765. The van der Waals surface area contributed by atoms with Crippen LogP contribution in [-0.4, -0.2) is 35.1 Å². The normalized spacial score (nSPS) is 19.4. The lowest BCUT2D eigenvalue weighted by atomic mass is 10.1. The van der Waals surface area contributed by atoms with E-state index in [0.29, 0.717) is 18.0 Å². The summed E-state index contributed by atoms with van der Waals surface area (Å²) in [5, 5.41) is 8.68. The first-order chi connectivity index (χ1) is 5.61. The Bertz CT molecular complexity index is 209. The number of carbonyl (C=O) groups is 1. The van der Waals surface area contributed by atoms with E-state index in [0.717, 1.165) is 13.1 Å². The van der Waals surface area contributed by atoms with Gasteiger partial charge < -0.3 is 5.11 Å². The van der Waals surface area contributed by atoms with Gasteiger partial charge in [-0.3, -0.25) is 4.90 Å². The van der Waals surface area contributed by atoms with Crippen molar-refractivity contribution in [1.82, 2.24) is 4.90 Å². The standard InChI is InChI=1S/C9H15NO2/c1-7(2)10-5-3-8(4-6-10)9(11)12/h3,7H,4-6H2,1-2H3,(H,11,12). The molecule has 1 N–H and O–H groups in total. The first-order valence-corrected chi connectivity index (χ1v) is 4.27. The SMILES string of the molecule is CC(C)N1CC=C(C(=O)O)CC1. The van der Waals surface area contributed by atoms with Crippen LogP contribution in [0.2, 0.25) is 0 Å². The molecule has 0 bridgehead atoms. The third kappa shape index (κ3) is 2.08. The van der Waals surface area contributed by atoms with E-state index in [9.17, 15) is 4.79 Å². The van der Waals surface area contributed by atoms with Crippen LogP contribution in [0.5, 0.6) is 0 Å². The fraction of sp³-hybridized carbons (Fsp3) is 0.667. The fourth-order valence-electron chi connectivity index (χ4n) is 1.35. The Morgan fingerprint density at radius 1 is 1.67 bits per heavy atom. The smallest absolute Gasteiger partial charge is 0.331 e. The lowest BCUT2D eigenvalue weighted by Gasteiger charge is -2.28. The highest BCUT2D eigenvalue weighted by Crippen LogP contribution is 2.12. The van der Waals surface area contributed by atoms with E-state index >= 15 is 0 Å². The molecule has 0 unspecified atom stereocenters. The summed E-state index contributed by atoms with van der Waals surface area (Å²) in [6.45, 7) is 5.90. The molecule has 1 aliphatic heterocycles. The van der Waals surface area contributed by atoms with Crippen LogP contribution in [0.3, 0.4) is 0 Å². The van der Waals surface area contributed by atoms with Gasteiger partial charge in [0.05, 0.1) is 0 Å². The van der Waals surface area contributed by atoms with Crippen molar-refractivity contribution in [1.29, 1.82) is 0 Å². The van der Waals surface area contributed by atoms with Crippen LogP contribution in [0, 0.1) is 0 Å². The second kappa shape index (κ2) is 3.72. The van der Waals surface area contributed by atoms with E-state index < -0.39 is 5.97 Å². The van der Waals surface area contributed by atoms with Crippen LogP contribution in [0.15, 0.2) is 11.6 Å². The molecule has 0 amide bonds. The molecule has 0 aromatic heterocycles. The molecule has 0 aliphatic carbocycles. The van der Waals surface area contributed by atoms with E-state index in [-0.39, 0.29) is 0 Å². The van der Waals surface area contributed by atoms with E-state index in [4.69, 9.17) is 5.11 Å². The second-order valence-electron chi connectivity index (χ2n) is 3.37. The molecule has 0 saturated heterocycles. The van der Waals surface area contributed by atoms with Crippen molar-refractivity contribution in [3.05, 3.63) is 11.6 Å². The first kappa shape index (κ1) is 9.26. The Hall–Kier alpha value is -0.830. The molecule has 1 heterocycles. The molecule has 12 heavy (non-hydrogen) atoms. The highest BCUT2D eigenvalue weighted by Gasteiger charge is 2.17. The summed E-state index contributed by atoms with van der Waals surface area (Å²) < 4.78 is 0. The number of carboxylic acid groups (broad SMARTS) is 1. The molecule has 0 atom stereocenters. The number of carboxylic acids is 1. The van der Waals surface area contributed by atoms with Gasteiger partial charge in [0.25, 0.3) is 0 Å². The lowest BCUT2D eigenvalue weighted by Crippen LogP contribution is -2.35. The summed E-state index contributed by atoms with van der Waals surface area (Å²) >= 11 is 0. The Kier molecular flexibility index (Phi) is 2.87. The fourth-order valence-corrected chi connectivity index (χ4v) is 1.35. The van der Waals surface area contributed by atoms with Crippen molar-refractivity contribution >= 4 is 5.97 Å². The van der Waals surface area contributed by atoms with Crippen molar-refractivity contribution in [2.45, 2.75) is 26.3 Å². The maximum atomic E-state index is 10.5. The predicted octanol–water partition coefficient (Wildman–Crippen LogP) is 1.11. The van der Waals surface area contributed by atoms with E-state index in [1.807, 2.05) is 6.08 Å². The van der Waals surface area contributed by atoms with E-state index in [2.05, 4.69) is 18.7 Å². The van der Waals surface area contributed by atoms with Gasteiger partial charge in [0, 0.05) is 24.7 Å². The molecule has 0 aromatic carbocycles. The Labute approximate surface area is 72.7 Å². The molecule has 0 saturated carbocycles. The van der Waals surface area contributed by atoms with Crippen LogP contribution in [0.1, 0.15) is 20.3 Å². The zero-order valence-electron chi connectivity index (χ0n) is 7.58. The van der Waals surface area contributed by atoms with Crippen LogP contribution in [-0.2, 0) is 4.79 Å². The van der Waals surface area contributed by atoms with Gasteiger partial charge in [-0.25, -0.2) is 4.79 Å². The van der Waals surface area contributed by atoms with Crippen molar-refractivity contribution in [2.75, 3.05) is 13.1 Å². The third-order valence-corrected chi connectivity index (χ3v) is 2.25. The predicted molar refractivity (Wildman–Crippen MR) is 47.0 cm³/mol. The van der Waals surface area contributed by atoms with Gasteiger partial charge >= 0.3 is 5.97 Å². The van der Waals surface area contributed by atoms with Gasteiger partial charge in [-0.15, -0.1) is 0 Å². The summed E-state index contributed by atoms with van der Waals surface area (Å²) in [7, 11) is 0. The summed E-state index contributed by atoms with van der Waals surface area (Å²) in [4.78, 5) is 12.8. The van der Waals surface area contributed by atoms with Gasteiger partial charge in [-0.1, -0.05) is 6.08 Å². The minimum absolute atomic E-state index is 0.511. The maximum absolute atomic E-state index is 10.5. The molecular formula is C9H15NO2. The van der Waals surface area contributed by atoms with Crippen LogP contribution >= 0.6 is 0 Å². The summed E-state index contributed by atoms with van der Waals surface area (Å²) in [6.07, 6.45) is 2.49. The maximum Gasteiger partial charge on any atom is 0.331 e. The average molecular weight is 169 g/mol. The van der Waals surface area contributed by atoms with Crippen LogP contribution in [0.4, 0.5) is 0 Å². The lowest BCUT2D eigenvalue weighted by molar-refractivity contribution is -0.133. The number of aliphatic carboxylic acids is 1. The number of hydrogen-bond acceptors (Lipinski definition) is 2. The first-order valence-electron chi connectivity index (χ1n) is 4.27. The molecule has 3 nitrogen and oxygen atoms in total. The van der Waals surface area contributed by atoms with Crippen LogP contribution < -0.4 is 0 Å². The Morgan fingerprint density at radius 2 is 2.33 bits per heavy atom. The third-order valence-electron chi connectivity index (χ3n) is 2.25. The van der Waals surface area contributed by atoms with Crippen molar-refractivity contribution in [3.8, 4) is 0 Å². The Morgan fingerprint density at radius 3 is 2.67 bits per heavy atom. The Balaban J connectivity index is 2.53. The van der Waals surface area contributed by atoms with Crippen LogP contribution in [0.25, 0.3) is 0 Å². The minimum Gasteiger partial charge on any atom is -0.478 e. The van der Waals surface area contributed by atoms with Crippen molar-refractivity contribution in [2.24, 2.45) is 0 Å². The number of rotatable bonds is 2. The van der Waals surface area contributed by atoms with Gasteiger partial charge in [0.2, 0.25) is 0 Å². The zero-order valence-corrected chi connectivity index (χ0v) is 7.58. The molecular weight excluding hydrogens is 154 g/mol. The van der Waals surface area contributed by atoms with Gasteiger partial charge in [-0.2, -0.15) is 0 Å². The summed E-state index contributed by atoms with van der Waals surface area (Å²) in [5.41, 5.74) is 0.562. The van der Waals surface area contributed by atoms with Crippen molar-refractivity contribution in [3.63, 3.8) is 0 Å². The second-order valence-corrected chi connectivity index (χ2v) is 3.37. The molecule has 1 rings (SSSR count). The van der Waals surface area contributed by atoms with Gasteiger partial charge in [0.15, 0.2) is 0 Å². The summed E-state index contributed by atoms with van der Waals surface area (Å²) in [6, 6.07) is 0.511. The quantitative estimate of drug-likeness (QED) is 0.673. The highest BCUT2D eigenvalue weighted by molar-refractivity contribution is 5.86. The molecule has 68 valence electrons. The molecule has 0 aromatic rings. The molecule has 0 spiro atoms. The minimum atomic E-state index is -0.765. The number of hydrogen-bond donors (Lipinski definition) is 1. The topological polar surface area (TPSA) is 40.5 Å². The monoisotopic (exact) mass is 169 g/mol. The molecule has 1 aliphatic rings. The van der Waals surface area contributed by atoms with Gasteiger partial charge in [-0.05, 0) is 20.3 Å². The van der Waals surface area contributed by atoms with E-state index in [1.54, 1.807) is 0 Å². The van der Waals surface area contributed by atoms with Gasteiger partial charge in [0.1, 0.15) is 0 Å². The molecule has 3 heteroatoms. The molecule has 0 radical (unpaired) electrons. The van der Waals surface area contributed by atoms with E-state index in [1.165, 1.54) is 0 Å².